The molecule has 1 aromatic carbocycles. The Morgan fingerprint density at radius 3 is 2.60 bits per heavy atom. The van der Waals surface area contributed by atoms with Crippen LogP contribution in [-0.2, 0) is 4.74 Å². The Hall–Kier alpha value is -1.14. The third kappa shape index (κ3) is 5.68. The highest BCUT2D eigenvalue weighted by Crippen LogP contribution is 2.24. The maximum atomic E-state index is 12.9. The van der Waals surface area contributed by atoms with Crippen molar-refractivity contribution < 1.29 is 9.53 Å². The number of Topliss-reactive ketones (excluding diaryl/α,β-unsaturated/α-hetero) is 1. The van der Waals surface area contributed by atoms with Crippen LogP contribution in [-0.4, -0.2) is 60.9 Å². The van der Waals surface area contributed by atoms with Gasteiger partial charge in [-0.3, -0.25) is 9.69 Å². The van der Waals surface area contributed by atoms with E-state index in [4.69, 9.17) is 4.74 Å². The van der Waals surface area contributed by atoms with Gasteiger partial charge in [-0.15, -0.1) is 18.3 Å². The zero-order chi connectivity index (χ0) is 18.3. The fourth-order valence-corrected chi connectivity index (χ4v) is 3.64. The maximum Gasteiger partial charge on any atom is 0.182 e. The molecule has 0 spiro atoms. The summed E-state index contributed by atoms with van der Waals surface area (Å²) in [5, 5.41) is 3.38. The number of ether oxygens (including phenoxy) is 1. The lowest BCUT2D eigenvalue weighted by atomic mass is 9.91. The number of hydrogen-bond acceptors (Lipinski definition) is 5. The van der Waals surface area contributed by atoms with Gasteiger partial charge >= 0.3 is 0 Å². The molecule has 1 N–H and O–H groups in total. The maximum absolute atomic E-state index is 12.9. The minimum atomic E-state index is -0.497. The molecule has 4 nitrogen and oxygen atoms in total. The molecule has 0 saturated carbocycles. The van der Waals surface area contributed by atoms with Gasteiger partial charge in [0, 0.05) is 41.9 Å². The number of rotatable bonds is 9. The van der Waals surface area contributed by atoms with Gasteiger partial charge in [0.2, 0.25) is 0 Å². The van der Waals surface area contributed by atoms with Crippen LogP contribution in [0.25, 0.3) is 0 Å². The van der Waals surface area contributed by atoms with E-state index in [9.17, 15) is 4.79 Å². The molecule has 1 aliphatic heterocycles. The number of ketones is 1. The number of nitrogens with zero attached hydrogens (tertiary/aromatic N) is 1. The van der Waals surface area contributed by atoms with Crippen LogP contribution in [0, 0.1) is 0 Å². The molecule has 0 amide bonds. The monoisotopic (exact) mass is 362 g/mol. The van der Waals surface area contributed by atoms with Gasteiger partial charge in [-0.2, -0.15) is 0 Å². The van der Waals surface area contributed by atoms with Crippen LogP contribution in [0.15, 0.2) is 41.8 Å². The van der Waals surface area contributed by atoms with Crippen molar-refractivity contribution in [2.24, 2.45) is 0 Å². The van der Waals surface area contributed by atoms with Gasteiger partial charge in [0.1, 0.15) is 0 Å². The normalized spacial score (nSPS) is 17.2. The molecule has 0 radical (unpaired) electrons. The third-order valence-electron chi connectivity index (χ3n) is 4.66. The fraction of sp³-hybridized carbons (Fsp3) is 0.550. The molecule has 1 atom stereocenters. The Bertz CT molecular complexity index is 566. The van der Waals surface area contributed by atoms with Crippen molar-refractivity contribution in [2.75, 3.05) is 38.6 Å². The molecule has 25 heavy (non-hydrogen) atoms. The first kappa shape index (κ1) is 20.2. The smallest absolute Gasteiger partial charge is 0.182 e. The minimum Gasteiger partial charge on any atom is -0.379 e. The van der Waals surface area contributed by atoms with Crippen molar-refractivity contribution in [1.82, 2.24) is 10.2 Å². The van der Waals surface area contributed by atoms with E-state index in [0.717, 1.165) is 31.0 Å². The SMILES string of the molecule is C=CC(C)NCCSc1ccc(C(=O)C(C)(C)N2CCOCC2)cc1. The van der Waals surface area contributed by atoms with Gasteiger partial charge in [-0.25, -0.2) is 0 Å². The third-order valence-corrected chi connectivity index (χ3v) is 5.68. The number of nitrogens with one attached hydrogen (secondary N) is 1. The summed E-state index contributed by atoms with van der Waals surface area (Å²) in [6.07, 6.45) is 1.90. The van der Waals surface area contributed by atoms with E-state index >= 15 is 0 Å². The van der Waals surface area contributed by atoms with Gasteiger partial charge < -0.3 is 10.1 Å². The summed E-state index contributed by atoms with van der Waals surface area (Å²) in [5.41, 5.74) is 0.280. The van der Waals surface area contributed by atoms with Gasteiger partial charge in [-0.1, -0.05) is 18.2 Å². The van der Waals surface area contributed by atoms with Crippen molar-refractivity contribution in [1.29, 1.82) is 0 Å². The molecule has 0 aromatic heterocycles. The van der Waals surface area contributed by atoms with Crippen molar-refractivity contribution >= 4 is 17.5 Å². The molecule has 2 rings (SSSR count). The van der Waals surface area contributed by atoms with Crippen molar-refractivity contribution in [3.63, 3.8) is 0 Å². The number of benzene rings is 1. The van der Waals surface area contributed by atoms with E-state index in [1.807, 2.05) is 44.2 Å². The summed E-state index contributed by atoms with van der Waals surface area (Å²) in [6.45, 7) is 13.8. The van der Waals surface area contributed by atoms with Crippen LogP contribution in [0.4, 0.5) is 0 Å². The van der Waals surface area contributed by atoms with Crippen LogP contribution in [0.2, 0.25) is 0 Å². The molecule has 1 heterocycles. The first-order valence-electron chi connectivity index (χ1n) is 8.91. The first-order chi connectivity index (χ1) is 11.9. The van der Waals surface area contributed by atoms with Crippen LogP contribution in [0.3, 0.4) is 0 Å². The van der Waals surface area contributed by atoms with Gasteiger partial charge in [0.05, 0.1) is 18.8 Å². The van der Waals surface area contributed by atoms with Gasteiger partial charge in [-0.05, 0) is 32.9 Å². The molecule has 1 saturated heterocycles. The van der Waals surface area contributed by atoms with E-state index in [2.05, 4.69) is 23.7 Å². The Labute approximate surface area is 156 Å². The highest BCUT2D eigenvalue weighted by atomic mass is 32.2. The second-order valence-corrected chi connectivity index (χ2v) is 8.01. The topological polar surface area (TPSA) is 41.6 Å². The lowest BCUT2D eigenvalue weighted by Gasteiger charge is -2.39. The van der Waals surface area contributed by atoms with E-state index in [-0.39, 0.29) is 5.78 Å². The molecular formula is C20H30N2O2S. The van der Waals surface area contributed by atoms with Crippen molar-refractivity contribution in [3.8, 4) is 0 Å². The van der Waals surface area contributed by atoms with Crippen molar-refractivity contribution in [3.05, 3.63) is 42.5 Å². The summed E-state index contributed by atoms with van der Waals surface area (Å²) in [5.74, 6) is 1.16. The Balaban J connectivity index is 1.89. The largest absolute Gasteiger partial charge is 0.379 e. The molecular weight excluding hydrogens is 332 g/mol. The van der Waals surface area contributed by atoms with Gasteiger partial charge in [0.15, 0.2) is 5.78 Å². The molecule has 1 aliphatic rings. The first-order valence-corrected chi connectivity index (χ1v) is 9.90. The van der Waals surface area contributed by atoms with Crippen LogP contribution < -0.4 is 5.32 Å². The lowest BCUT2D eigenvalue weighted by Crippen LogP contribution is -2.54. The molecule has 138 valence electrons. The standard InChI is InChI=1S/C20H30N2O2S/c1-5-16(2)21-10-15-25-18-8-6-17(7-9-18)19(23)20(3,4)22-11-13-24-14-12-22/h5-9,16,21H,1,10-15H2,2-4H3. The van der Waals surface area contributed by atoms with E-state index < -0.39 is 5.54 Å². The highest BCUT2D eigenvalue weighted by molar-refractivity contribution is 7.99. The summed E-state index contributed by atoms with van der Waals surface area (Å²) < 4.78 is 5.40. The predicted octanol–water partition coefficient (Wildman–Crippen LogP) is 3.24. The molecule has 1 fully saturated rings. The number of thioether (sulfide) groups is 1. The number of hydrogen-bond donors (Lipinski definition) is 1. The molecule has 0 bridgehead atoms. The molecule has 1 aromatic rings. The zero-order valence-corrected chi connectivity index (χ0v) is 16.4. The van der Waals surface area contributed by atoms with E-state index in [1.165, 1.54) is 4.90 Å². The van der Waals surface area contributed by atoms with E-state index in [1.54, 1.807) is 11.8 Å². The lowest BCUT2D eigenvalue weighted by molar-refractivity contribution is -0.00430. The van der Waals surface area contributed by atoms with Crippen LogP contribution >= 0.6 is 11.8 Å². The second-order valence-electron chi connectivity index (χ2n) is 6.84. The molecule has 0 aliphatic carbocycles. The molecule has 5 heteroatoms. The summed E-state index contributed by atoms with van der Waals surface area (Å²) in [4.78, 5) is 16.3. The van der Waals surface area contributed by atoms with Crippen LogP contribution in [0.5, 0.6) is 0 Å². The summed E-state index contributed by atoms with van der Waals surface area (Å²) in [6, 6.07) is 8.33. The average Bonchev–Trinajstić information content (AvgIpc) is 2.65. The Morgan fingerprint density at radius 1 is 1.36 bits per heavy atom. The van der Waals surface area contributed by atoms with Gasteiger partial charge in [0.25, 0.3) is 0 Å². The molecule has 1 unspecified atom stereocenters. The van der Waals surface area contributed by atoms with E-state index in [0.29, 0.717) is 19.3 Å². The highest BCUT2D eigenvalue weighted by Gasteiger charge is 2.35. The number of carbonyl (C=O) groups excluding carboxylic acids is 1. The summed E-state index contributed by atoms with van der Waals surface area (Å²) >= 11 is 1.79. The Kier molecular flexibility index (Phi) is 7.69. The minimum absolute atomic E-state index is 0.174. The fourth-order valence-electron chi connectivity index (χ4n) is 2.86. The predicted molar refractivity (Wildman–Crippen MR) is 106 cm³/mol. The number of carbonyl (C=O) groups is 1. The quantitative estimate of drug-likeness (QED) is 0.316. The van der Waals surface area contributed by atoms with Crippen molar-refractivity contribution in [2.45, 2.75) is 37.2 Å². The second kappa shape index (κ2) is 9.53. The average molecular weight is 363 g/mol. The number of morpholine rings is 1. The Morgan fingerprint density at radius 2 is 2.00 bits per heavy atom. The van der Waals surface area contributed by atoms with Crippen LogP contribution in [0.1, 0.15) is 31.1 Å². The summed E-state index contributed by atoms with van der Waals surface area (Å²) in [7, 11) is 0. The zero-order valence-electron chi connectivity index (χ0n) is 15.6.